The van der Waals surface area contributed by atoms with Crippen molar-refractivity contribution in [1.82, 2.24) is 0 Å². The molecule has 0 saturated carbocycles. The van der Waals surface area contributed by atoms with Gasteiger partial charge in [0.05, 0.1) is 12.1 Å². The van der Waals surface area contributed by atoms with Crippen LogP contribution in [0.5, 0.6) is 0 Å². The highest BCUT2D eigenvalue weighted by Gasteiger charge is 2.28. The molecule has 8 nitrogen and oxygen atoms in total. The first-order chi connectivity index (χ1) is 9.86. The van der Waals surface area contributed by atoms with E-state index >= 15 is 0 Å². The van der Waals surface area contributed by atoms with Crippen LogP contribution in [0.15, 0.2) is 23.2 Å². The van der Waals surface area contributed by atoms with Crippen molar-refractivity contribution in [3.63, 3.8) is 0 Å². The monoisotopic (exact) mass is 309 g/mol. The molecule has 9 heteroatoms. The first-order valence-electron chi connectivity index (χ1n) is 5.98. The smallest absolute Gasteiger partial charge is 0.249 e. The number of hydrogen-bond donors (Lipinski definition) is 3. The Bertz CT molecular complexity index is 617. The number of aliphatic imine (C=N–C) groups is 1. The number of anilines is 2. The normalized spacial score (nSPS) is 18.1. The maximum Gasteiger partial charge on any atom is 0.249 e. The second-order valence-electron chi connectivity index (χ2n) is 4.42. The average Bonchev–Trinajstić information content (AvgIpc) is 2.39. The Morgan fingerprint density at radius 1 is 1.62 bits per heavy atom. The number of nitrogens with one attached hydrogen (secondary N) is 1. The predicted octanol–water partition coefficient (Wildman–Crippen LogP) is 0.974. The number of hydrogen-bond acceptors (Lipinski definition) is 7. The number of nitrogens with zero attached hydrogens (tertiary/aromatic N) is 2. The van der Waals surface area contributed by atoms with Crippen molar-refractivity contribution < 1.29 is 14.8 Å². The van der Waals surface area contributed by atoms with Crippen LogP contribution in [0.1, 0.15) is 12.0 Å². The van der Waals surface area contributed by atoms with Crippen LogP contribution in [0.4, 0.5) is 11.4 Å². The van der Waals surface area contributed by atoms with E-state index in [4.69, 9.17) is 10.9 Å². The van der Waals surface area contributed by atoms with Gasteiger partial charge in [0.25, 0.3) is 0 Å². The Morgan fingerprint density at radius 3 is 2.90 bits per heavy atom. The third-order valence-corrected chi connectivity index (χ3v) is 3.84. The summed E-state index contributed by atoms with van der Waals surface area (Å²) in [7, 11) is 0. The summed E-state index contributed by atoms with van der Waals surface area (Å²) in [4.78, 5) is 27.0. The molecule has 1 atom stereocenters. The number of aryl methyl sites for hydroxylation is 1. The van der Waals surface area contributed by atoms with Crippen molar-refractivity contribution in [3.8, 4) is 0 Å². The van der Waals surface area contributed by atoms with E-state index in [9.17, 15) is 14.8 Å². The fourth-order valence-corrected chi connectivity index (χ4v) is 2.65. The van der Waals surface area contributed by atoms with Gasteiger partial charge in [0.1, 0.15) is 5.25 Å². The number of amides is 2. The highest BCUT2D eigenvalue weighted by Crippen LogP contribution is 2.25. The molecule has 0 spiro atoms. The second-order valence-corrected chi connectivity index (χ2v) is 5.64. The Morgan fingerprint density at radius 2 is 2.33 bits per heavy atom. The molecule has 0 fully saturated rings. The van der Waals surface area contributed by atoms with Crippen LogP contribution in [0.3, 0.4) is 0 Å². The Hall–Kier alpha value is -2.10. The van der Waals surface area contributed by atoms with E-state index in [0.717, 1.165) is 11.8 Å². The SMILES string of the molecule is Cc1cc(N([O-])O)ccc1NC(=O)[C@@H]1CC(=O)N=C(N)S1. The van der Waals surface area contributed by atoms with Gasteiger partial charge >= 0.3 is 0 Å². The molecule has 0 aliphatic carbocycles. The topological polar surface area (TPSA) is 131 Å². The van der Waals surface area contributed by atoms with Crippen molar-refractivity contribution >= 4 is 40.1 Å². The highest BCUT2D eigenvalue weighted by atomic mass is 32.2. The van der Waals surface area contributed by atoms with Crippen LogP contribution in [0.25, 0.3) is 0 Å². The van der Waals surface area contributed by atoms with Gasteiger partial charge in [-0.15, -0.1) is 0 Å². The fraction of sp³-hybridized carbons (Fsp3) is 0.250. The minimum absolute atomic E-state index is 0.0146. The lowest BCUT2D eigenvalue weighted by Crippen LogP contribution is -2.33. The average molecular weight is 309 g/mol. The summed E-state index contributed by atoms with van der Waals surface area (Å²) in [5, 5.41) is 21.4. The van der Waals surface area contributed by atoms with Gasteiger partial charge in [0, 0.05) is 5.69 Å². The van der Waals surface area contributed by atoms with Gasteiger partial charge in [-0.3, -0.25) is 14.8 Å². The van der Waals surface area contributed by atoms with E-state index in [2.05, 4.69) is 10.3 Å². The zero-order valence-corrected chi connectivity index (χ0v) is 11.9. The maximum absolute atomic E-state index is 12.1. The Kier molecular flexibility index (Phi) is 4.46. The van der Waals surface area contributed by atoms with Crippen LogP contribution in [0.2, 0.25) is 0 Å². The molecule has 1 aromatic carbocycles. The van der Waals surface area contributed by atoms with E-state index in [-0.39, 0.29) is 28.4 Å². The van der Waals surface area contributed by atoms with Crippen LogP contribution >= 0.6 is 11.8 Å². The van der Waals surface area contributed by atoms with Gasteiger partial charge in [-0.1, -0.05) is 11.8 Å². The predicted molar refractivity (Wildman–Crippen MR) is 80.1 cm³/mol. The van der Waals surface area contributed by atoms with Crippen molar-refractivity contribution in [2.24, 2.45) is 10.7 Å². The zero-order valence-electron chi connectivity index (χ0n) is 11.1. The third-order valence-electron chi connectivity index (χ3n) is 2.84. The fourth-order valence-electron chi connectivity index (χ4n) is 1.81. The van der Waals surface area contributed by atoms with E-state index in [1.807, 2.05) is 0 Å². The molecule has 1 aliphatic heterocycles. The quantitative estimate of drug-likeness (QED) is 0.709. The Labute approximate surface area is 124 Å². The van der Waals surface area contributed by atoms with Gasteiger partial charge in [0.15, 0.2) is 5.17 Å². The van der Waals surface area contributed by atoms with Gasteiger partial charge in [0.2, 0.25) is 11.8 Å². The first kappa shape index (κ1) is 15.3. The van der Waals surface area contributed by atoms with Crippen LogP contribution in [-0.4, -0.2) is 27.4 Å². The second kappa shape index (κ2) is 6.12. The van der Waals surface area contributed by atoms with Crippen LogP contribution < -0.4 is 16.3 Å². The third kappa shape index (κ3) is 3.72. The molecule has 4 N–H and O–H groups in total. The minimum Gasteiger partial charge on any atom is -0.733 e. The minimum atomic E-state index is -0.636. The number of rotatable bonds is 3. The van der Waals surface area contributed by atoms with Gasteiger partial charge in [-0.2, -0.15) is 4.99 Å². The summed E-state index contributed by atoms with van der Waals surface area (Å²) in [5.74, 6) is -0.800. The molecule has 0 radical (unpaired) electrons. The summed E-state index contributed by atoms with van der Waals surface area (Å²) in [6.07, 6.45) is -0.0146. The summed E-state index contributed by atoms with van der Waals surface area (Å²) < 4.78 is 0. The molecule has 112 valence electrons. The standard InChI is InChI=1S/C12H13N4O4S/c1-6-4-7(16(19)20)2-3-8(6)14-11(18)9-5-10(17)15-12(13)21-9/h2-4,9,19H,5H2,1H3,(H,14,18)(H2,13,15,17)/q-1/t9-/m0/s1. The van der Waals surface area contributed by atoms with Crippen molar-refractivity contribution in [1.29, 1.82) is 0 Å². The zero-order chi connectivity index (χ0) is 15.6. The summed E-state index contributed by atoms with van der Waals surface area (Å²) in [6.45, 7) is 1.68. The molecule has 1 heterocycles. The summed E-state index contributed by atoms with van der Waals surface area (Å²) >= 11 is 1.03. The summed E-state index contributed by atoms with van der Waals surface area (Å²) in [6, 6.07) is 4.29. The van der Waals surface area contributed by atoms with E-state index in [1.165, 1.54) is 18.2 Å². The number of thioether (sulfide) groups is 1. The van der Waals surface area contributed by atoms with Gasteiger partial charge in [-0.05, 0) is 30.7 Å². The van der Waals surface area contributed by atoms with Gasteiger partial charge < -0.3 is 21.5 Å². The molecule has 0 aromatic heterocycles. The van der Waals surface area contributed by atoms with Crippen molar-refractivity contribution in [2.45, 2.75) is 18.6 Å². The summed E-state index contributed by atoms with van der Waals surface area (Å²) in [5.41, 5.74) is 6.62. The number of carbonyl (C=O) groups excluding carboxylic acids is 2. The van der Waals surface area contributed by atoms with Crippen molar-refractivity contribution in [2.75, 3.05) is 10.5 Å². The molecule has 0 bridgehead atoms. The van der Waals surface area contributed by atoms with E-state index in [1.54, 1.807) is 6.92 Å². The largest absolute Gasteiger partial charge is 0.733 e. The highest BCUT2D eigenvalue weighted by molar-refractivity contribution is 8.15. The van der Waals surface area contributed by atoms with E-state index < -0.39 is 11.2 Å². The van der Waals surface area contributed by atoms with Crippen LogP contribution in [-0.2, 0) is 9.59 Å². The van der Waals surface area contributed by atoms with E-state index in [0.29, 0.717) is 11.3 Å². The number of benzene rings is 1. The number of carbonyl (C=O) groups is 2. The molecule has 1 aromatic rings. The molecular formula is C12H13N4O4S-. The van der Waals surface area contributed by atoms with Gasteiger partial charge in [-0.25, -0.2) is 0 Å². The molecule has 2 rings (SSSR count). The first-order valence-corrected chi connectivity index (χ1v) is 6.86. The molecular weight excluding hydrogens is 296 g/mol. The maximum atomic E-state index is 12.1. The number of amidine groups is 1. The van der Waals surface area contributed by atoms with Crippen molar-refractivity contribution in [3.05, 3.63) is 29.0 Å². The Balaban J connectivity index is 2.10. The molecule has 2 amide bonds. The number of nitrogens with two attached hydrogens (primary N) is 1. The molecule has 0 unspecified atom stereocenters. The van der Waals surface area contributed by atoms with Crippen LogP contribution in [0, 0.1) is 12.1 Å². The lowest BCUT2D eigenvalue weighted by Gasteiger charge is -2.23. The molecule has 0 saturated heterocycles. The molecule has 21 heavy (non-hydrogen) atoms. The lowest BCUT2D eigenvalue weighted by atomic mass is 10.1. The lowest BCUT2D eigenvalue weighted by molar-refractivity contribution is -0.121. The molecule has 1 aliphatic rings.